The van der Waals surface area contributed by atoms with Crippen molar-refractivity contribution in [2.75, 3.05) is 19.9 Å². The van der Waals surface area contributed by atoms with Crippen molar-refractivity contribution in [1.82, 2.24) is 0 Å². The number of hydrogen-bond donors (Lipinski definition) is 2. The summed E-state index contributed by atoms with van der Waals surface area (Å²) in [6.45, 7) is 0.790. The van der Waals surface area contributed by atoms with Crippen LogP contribution in [0.5, 0.6) is 23.0 Å². The van der Waals surface area contributed by atoms with E-state index in [-0.39, 0.29) is 29.8 Å². The van der Waals surface area contributed by atoms with Crippen molar-refractivity contribution in [3.05, 3.63) is 47.5 Å². The van der Waals surface area contributed by atoms with Crippen LogP contribution >= 0.6 is 0 Å². The van der Waals surface area contributed by atoms with Crippen molar-refractivity contribution in [3.63, 3.8) is 0 Å². The molecule has 0 saturated heterocycles. The second-order valence-corrected chi connectivity index (χ2v) is 4.87. The van der Waals surface area contributed by atoms with Gasteiger partial charge in [-0.15, -0.1) is 0 Å². The first-order chi connectivity index (χ1) is 11.3. The number of para-hydroxylation sites is 2. The zero-order valence-electron chi connectivity index (χ0n) is 12.3. The summed E-state index contributed by atoms with van der Waals surface area (Å²) in [7, 11) is 0. The molecule has 23 heavy (non-hydrogen) atoms. The Labute approximate surface area is 133 Å². The van der Waals surface area contributed by atoms with Gasteiger partial charge in [-0.2, -0.15) is 0 Å². The fourth-order valence-corrected chi connectivity index (χ4v) is 2.12. The van der Waals surface area contributed by atoms with Crippen LogP contribution in [-0.4, -0.2) is 42.5 Å². The van der Waals surface area contributed by atoms with Crippen LogP contribution in [0.15, 0.2) is 46.4 Å². The van der Waals surface area contributed by atoms with Crippen LogP contribution in [0.4, 0.5) is 0 Å². The number of nitrogens with zero attached hydrogens (tertiary/aromatic N) is 2. The molecule has 3 rings (SSSR count). The summed E-state index contributed by atoms with van der Waals surface area (Å²) < 4.78 is 10.9. The monoisotopic (exact) mass is 312 g/mol. The molecule has 2 aromatic rings. The lowest BCUT2D eigenvalue weighted by Crippen LogP contribution is -2.06. The van der Waals surface area contributed by atoms with Gasteiger partial charge in [0.2, 0.25) is 6.79 Å². The van der Waals surface area contributed by atoms with E-state index in [2.05, 4.69) is 9.98 Å². The molecule has 1 aliphatic rings. The molecule has 118 valence electrons. The van der Waals surface area contributed by atoms with E-state index in [1.807, 2.05) is 0 Å². The van der Waals surface area contributed by atoms with Crippen molar-refractivity contribution >= 4 is 12.4 Å². The van der Waals surface area contributed by atoms with E-state index in [0.717, 1.165) is 0 Å². The number of rotatable bonds is 0. The molecule has 6 nitrogen and oxygen atoms in total. The Morgan fingerprint density at radius 1 is 0.739 bits per heavy atom. The maximum absolute atomic E-state index is 10.2. The molecule has 0 radical (unpaired) electrons. The van der Waals surface area contributed by atoms with Gasteiger partial charge >= 0.3 is 0 Å². The molecule has 1 heterocycles. The highest BCUT2D eigenvalue weighted by atomic mass is 16.7. The van der Waals surface area contributed by atoms with E-state index in [1.165, 1.54) is 0 Å². The molecule has 4 bridgehead atoms. The van der Waals surface area contributed by atoms with Gasteiger partial charge in [0.1, 0.15) is 0 Å². The molecule has 1 aliphatic heterocycles. The van der Waals surface area contributed by atoms with Crippen molar-refractivity contribution in [1.29, 1.82) is 0 Å². The molecule has 2 N–H and O–H groups in total. The first-order valence-electron chi connectivity index (χ1n) is 7.15. The van der Waals surface area contributed by atoms with Gasteiger partial charge in [-0.25, -0.2) is 0 Å². The van der Waals surface area contributed by atoms with Gasteiger partial charge in [0.15, 0.2) is 23.0 Å². The van der Waals surface area contributed by atoms with Crippen molar-refractivity contribution in [2.24, 2.45) is 9.98 Å². The number of ether oxygens (including phenoxy) is 2. The van der Waals surface area contributed by atoms with E-state index in [4.69, 9.17) is 9.47 Å². The summed E-state index contributed by atoms with van der Waals surface area (Å²) >= 11 is 0. The van der Waals surface area contributed by atoms with E-state index < -0.39 is 0 Å². The van der Waals surface area contributed by atoms with E-state index in [9.17, 15) is 10.2 Å². The number of phenolic OH excluding ortho intramolecular Hbond substituents is 2. The van der Waals surface area contributed by atoms with Crippen LogP contribution in [-0.2, 0) is 0 Å². The van der Waals surface area contributed by atoms with Crippen molar-refractivity contribution in [3.8, 4) is 23.0 Å². The van der Waals surface area contributed by atoms with Gasteiger partial charge in [-0.3, -0.25) is 9.98 Å². The van der Waals surface area contributed by atoms with Gasteiger partial charge in [0, 0.05) is 23.6 Å². The van der Waals surface area contributed by atoms with Crippen LogP contribution in [0.1, 0.15) is 11.1 Å². The fraction of sp³-hybridized carbons (Fsp3) is 0.176. The number of benzene rings is 2. The number of aromatic hydroxyl groups is 2. The SMILES string of the molecule is Oc1c2cccc1OCOc1cccc(c1O)C=NCCN=C2. The molecule has 0 atom stereocenters. The zero-order chi connectivity index (χ0) is 16.1. The Bertz CT molecular complexity index is 693. The Morgan fingerprint density at radius 3 is 1.70 bits per heavy atom. The number of aliphatic imine (C=N–C) groups is 2. The second kappa shape index (κ2) is 6.83. The summed E-state index contributed by atoms with van der Waals surface area (Å²) in [5.41, 5.74) is 1.12. The number of hydrogen-bond acceptors (Lipinski definition) is 6. The molecular weight excluding hydrogens is 296 g/mol. The van der Waals surface area contributed by atoms with Crippen molar-refractivity contribution in [2.45, 2.75) is 0 Å². The number of fused-ring (bicyclic) bond motifs is 4. The van der Waals surface area contributed by atoms with E-state index in [0.29, 0.717) is 24.2 Å². The molecule has 0 aromatic heterocycles. The quantitative estimate of drug-likeness (QED) is 0.782. The van der Waals surface area contributed by atoms with Crippen LogP contribution in [0.25, 0.3) is 0 Å². The molecule has 2 aromatic carbocycles. The molecule has 0 aliphatic carbocycles. The third kappa shape index (κ3) is 3.42. The number of phenols is 2. The lowest BCUT2D eigenvalue weighted by Gasteiger charge is -2.12. The largest absolute Gasteiger partial charge is 0.504 e. The Morgan fingerprint density at radius 2 is 1.22 bits per heavy atom. The highest BCUT2D eigenvalue weighted by Gasteiger charge is 2.09. The van der Waals surface area contributed by atoms with Crippen molar-refractivity contribution < 1.29 is 19.7 Å². The molecule has 0 saturated carbocycles. The summed E-state index contributed by atoms with van der Waals surface area (Å²) in [6, 6.07) is 10.3. The maximum atomic E-state index is 10.2. The minimum absolute atomic E-state index is 0.00352. The molecule has 0 spiro atoms. The highest BCUT2D eigenvalue weighted by Crippen LogP contribution is 2.31. The molecule has 0 unspecified atom stereocenters. The average Bonchev–Trinajstić information content (AvgIpc) is 2.55. The van der Waals surface area contributed by atoms with E-state index in [1.54, 1.807) is 48.8 Å². The van der Waals surface area contributed by atoms with Crippen LogP contribution in [0.2, 0.25) is 0 Å². The molecule has 0 amide bonds. The second-order valence-electron chi connectivity index (χ2n) is 4.87. The summed E-state index contributed by atoms with van der Waals surface area (Å²) in [6.07, 6.45) is 3.16. The maximum Gasteiger partial charge on any atom is 0.231 e. The van der Waals surface area contributed by atoms with Gasteiger partial charge in [0.25, 0.3) is 0 Å². The Kier molecular flexibility index (Phi) is 4.42. The Balaban J connectivity index is 1.92. The molecule has 6 heteroatoms. The normalized spacial score (nSPS) is 14.3. The third-order valence-electron chi connectivity index (χ3n) is 3.31. The Hall–Kier alpha value is -3.02. The van der Waals surface area contributed by atoms with Gasteiger partial charge in [-0.1, -0.05) is 12.1 Å². The van der Waals surface area contributed by atoms with Crippen LogP contribution < -0.4 is 9.47 Å². The molecular formula is C17H16N2O4. The van der Waals surface area contributed by atoms with Crippen LogP contribution in [0, 0.1) is 0 Å². The summed E-state index contributed by atoms with van der Waals surface area (Å²) in [5, 5.41) is 20.3. The van der Waals surface area contributed by atoms with Crippen LogP contribution in [0.3, 0.4) is 0 Å². The highest BCUT2D eigenvalue weighted by molar-refractivity contribution is 5.85. The predicted molar refractivity (Wildman–Crippen MR) is 87.3 cm³/mol. The fourth-order valence-electron chi connectivity index (χ4n) is 2.12. The smallest absolute Gasteiger partial charge is 0.231 e. The minimum atomic E-state index is -0.150. The van der Waals surface area contributed by atoms with Gasteiger partial charge in [0.05, 0.1) is 13.1 Å². The topological polar surface area (TPSA) is 83.6 Å². The standard InChI is InChI=1S/C17H16N2O4/c20-16-12-3-1-5-14(16)22-11-23-15-6-2-4-13(17(15)21)10-19-8-7-18-9-12/h1-6,9-10,20-21H,7-8,11H2. The first-order valence-corrected chi connectivity index (χ1v) is 7.15. The molecule has 0 fully saturated rings. The zero-order valence-corrected chi connectivity index (χ0v) is 12.3. The lowest BCUT2D eigenvalue weighted by molar-refractivity contribution is 0.113. The minimum Gasteiger partial charge on any atom is -0.504 e. The third-order valence-corrected chi connectivity index (χ3v) is 3.31. The first kappa shape index (κ1) is 14.9. The van der Waals surface area contributed by atoms with Gasteiger partial charge < -0.3 is 19.7 Å². The average molecular weight is 312 g/mol. The van der Waals surface area contributed by atoms with E-state index >= 15 is 0 Å². The summed E-state index contributed by atoms with van der Waals surface area (Å²) in [5.74, 6) is 0.568. The summed E-state index contributed by atoms with van der Waals surface area (Å²) in [4.78, 5) is 8.44. The van der Waals surface area contributed by atoms with Gasteiger partial charge in [-0.05, 0) is 24.3 Å². The predicted octanol–water partition coefficient (Wildman–Crippen LogP) is 2.36. The lowest BCUT2D eigenvalue weighted by atomic mass is 10.2.